The van der Waals surface area contributed by atoms with Crippen molar-refractivity contribution in [2.24, 2.45) is 5.73 Å². The molecule has 1 unspecified atom stereocenters. The Morgan fingerprint density at radius 2 is 1.75 bits per heavy atom. The summed E-state index contributed by atoms with van der Waals surface area (Å²) in [7, 11) is 0. The van der Waals surface area contributed by atoms with Gasteiger partial charge in [0.25, 0.3) is 0 Å². The van der Waals surface area contributed by atoms with E-state index in [1.807, 2.05) is 6.07 Å². The summed E-state index contributed by atoms with van der Waals surface area (Å²) in [5.74, 6) is 0. The average molecular weight is 221 g/mol. The monoisotopic (exact) mass is 221 g/mol. The van der Waals surface area contributed by atoms with Gasteiger partial charge in [-0.05, 0) is 31.9 Å². The highest BCUT2D eigenvalue weighted by Gasteiger charge is 2.03. The van der Waals surface area contributed by atoms with Crippen LogP contribution in [0.5, 0.6) is 0 Å². The molecule has 0 fully saturated rings. The summed E-state index contributed by atoms with van der Waals surface area (Å²) in [6.45, 7) is 3.76. The lowest BCUT2D eigenvalue weighted by atomic mass is 10.1. The van der Waals surface area contributed by atoms with Gasteiger partial charge in [0.2, 0.25) is 0 Å². The first-order chi connectivity index (χ1) is 7.84. The maximum atomic E-state index is 5.78. The molecule has 0 aromatic heterocycles. The first-order valence-corrected chi connectivity index (χ1v) is 6.21. The van der Waals surface area contributed by atoms with Gasteiger partial charge in [-0.3, -0.25) is 0 Å². The second kappa shape index (κ2) is 8.31. The summed E-state index contributed by atoms with van der Waals surface area (Å²) in [6, 6.07) is 10.4. The minimum Gasteiger partial charge on any atom is -0.374 e. The number of rotatable bonds is 8. The summed E-state index contributed by atoms with van der Waals surface area (Å²) in [4.78, 5) is 0. The molecule has 0 spiro atoms. The van der Waals surface area contributed by atoms with Crippen molar-refractivity contribution >= 4 is 0 Å². The molecule has 0 amide bonds. The largest absolute Gasteiger partial charge is 0.374 e. The Balaban J connectivity index is 2.09. The summed E-state index contributed by atoms with van der Waals surface area (Å²) >= 11 is 0. The first-order valence-electron chi connectivity index (χ1n) is 6.21. The van der Waals surface area contributed by atoms with Gasteiger partial charge in [-0.2, -0.15) is 0 Å². The fourth-order valence-corrected chi connectivity index (χ4v) is 1.68. The second-order valence-electron chi connectivity index (χ2n) is 4.13. The number of nitrogens with two attached hydrogens (primary N) is 1. The van der Waals surface area contributed by atoms with Crippen molar-refractivity contribution in [1.82, 2.24) is 0 Å². The number of benzene rings is 1. The fraction of sp³-hybridized carbons (Fsp3) is 0.571. The van der Waals surface area contributed by atoms with Crippen LogP contribution >= 0.6 is 0 Å². The highest BCUT2D eigenvalue weighted by atomic mass is 16.5. The molecule has 2 nitrogen and oxygen atoms in total. The first kappa shape index (κ1) is 13.2. The average Bonchev–Trinajstić information content (AvgIpc) is 2.34. The van der Waals surface area contributed by atoms with E-state index in [1.54, 1.807) is 0 Å². The third-order valence-electron chi connectivity index (χ3n) is 2.74. The normalized spacial score (nSPS) is 12.6. The van der Waals surface area contributed by atoms with Crippen LogP contribution in [0.2, 0.25) is 0 Å². The van der Waals surface area contributed by atoms with Gasteiger partial charge in [0.05, 0.1) is 6.10 Å². The van der Waals surface area contributed by atoms with Crippen molar-refractivity contribution in [2.45, 2.75) is 38.7 Å². The lowest BCUT2D eigenvalue weighted by Crippen LogP contribution is -2.02. The molecule has 2 heteroatoms. The molecular formula is C14H23NO. The predicted molar refractivity (Wildman–Crippen MR) is 68.3 cm³/mol. The van der Waals surface area contributed by atoms with Crippen LogP contribution in [-0.4, -0.2) is 13.2 Å². The molecule has 1 rings (SSSR count). The highest BCUT2D eigenvalue weighted by Crippen LogP contribution is 2.16. The van der Waals surface area contributed by atoms with E-state index in [-0.39, 0.29) is 6.10 Å². The van der Waals surface area contributed by atoms with Crippen molar-refractivity contribution in [3.8, 4) is 0 Å². The number of hydrogen-bond acceptors (Lipinski definition) is 2. The lowest BCUT2D eigenvalue weighted by Gasteiger charge is -2.13. The Morgan fingerprint density at radius 3 is 2.44 bits per heavy atom. The number of unbranched alkanes of at least 4 members (excludes halogenated alkanes) is 3. The zero-order valence-electron chi connectivity index (χ0n) is 10.2. The van der Waals surface area contributed by atoms with Crippen molar-refractivity contribution in [2.75, 3.05) is 13.2 Å². The van der Waals surface area contributed by atoms with E-state index in [2.05, 4.69) is 31.2 Å². The van der Waals surface area contributed by atoms with Gasteiger partial charge in [-0.1, -0.05) is 43.2 Å². The minimum absolute atomic E-state index is 0.204. The van der Waals surface area contributed by atoms with E-state index in [9.17, 15) is 0 Å². The van der Waals surface area contributed by atoms with E-state index in [1.165, 1.54) is 18.4 Å². The van der Waals surface area contributed by atoms with Crippen molar-refractivity contribution in [1.29, 1.82) is 0 Å². The number of ether oxygens (including phenoxy) is 1. The zero-order chi connectivity index (χ0) is 11.6. The predicted octanol–water partition coefficient (Wildman–Crippen LogP) is 3.28. The smallest absolute Gasteiger partial charge is 0.0796 e. The van der Waals surface area contributed by atoms with Gasteiger partial charge >= 0.3 is 0 Å². The van der Waals surface area contributed by atoms with Crippen molar-refractivity contribution in [3.05, 3.63) is 35.9 Å². The van der Waals surface area contributed by atoms with Crippen LogP contribution < -0.4 is 5.73 Å². The van der Waals surface area contributed by atoms with E-state index in [0.29, 0.717) is 0 Å². The Kier molecular flexibility index (Phi) is 6.86. The second-order valence-corrected chi connectivity index (χ2v) is 4.13. The quantitative estimate of drug-likeness (QED) is 0.684. The van der Waals surface area contributed by atoms with Crippen LogP contribution in [0, 0.1) is 0 Å². The maximum absolute atomic E-state index is 5.78. The van der Waals surface area contributed by atoms with E-state index in [0.717, 1.165) is 26.0 Å². The Bertz CT molecular complexity index is 261. The molecular weight excluding hydrogens is 198 g/mol. The Hall–Kier alpha value is -0.860. The van der Waals surface area contributed by atoms with Crippen LogP contribution in [0.4, 0.5) is 0 Å². The highest BCUT2D eigenvalue weighted by molar-refractivity contribution is 5.16. The molecule has 0 heterocycles. The van der Waals surface area contributed by atoms with E-state index in [4.69, 9.17) is 10.5 Å². The van der Waals surface area contributed by atoms with Crippen LogP contribution in [0.15, 0.2) is 30.3 Å². The molecule has 90 valence electrons. The van der Waals surface area contributed by atoms with Gasteiger partial charge in [0.15, 0.2) is 0 Å². The van der Waals surface area contributed by atoms with Crippen molar-refractivity contribution < 1.29 is 4.74 Å². The molecule has 1 atom stereocenters. The Morgan fingerprint density at radius 1 is 1.06 bits per heavy atom. The molecule has 0 aliphatic heterocycles. The topological polar surface area (TPSA) is 35.2 Å². The third-order valence-corrected chi connectivity index (χ3v) is 2.74. The van der Waals surface area contributed by atoms with Crippen LogP contribution in [0.3, 0.4) is 0 Å². The van der Waals surface area contributed by atoms with Gasteiger partial charge in [-0.25, -0.2) is 0 Å². The Labute approximate surface area is 98.8 Å². The maximum Gasteiger partial charge on any atom is 0.0796 e. The molecule has 1 aromatic rings. The molecule has 0 bridgehead atoms. The zero-order valence-corrected chi connectivity index (χ0v) is 10.2. The van der Waals surface area contributed by atoms with E-state index < -0.39 is 0 Å². The van der Waals surface area contributed by atoms with Gasteiger partial charge in [0.1, 0.15) is 0 Å². The van der Waals surface area contributed by atoms with Crippen molar-refractivity contribution in [3.63, 3.8) is 0 Å². The standard InChI is InChI=1S/C14H23NO/c1-13(14-9-5-4-6-10-14)16-12-8-3-2-7-11-15/h4-6,9-10,13H,2-3,7-8,11-12,15H2,1H3. The molecule has 0 aliphatic carbocycles. The molecule has 2 N–H and O–H groups in total. The van der Waals surface area contributed by atoms with Crippen LogP contribution in [0.25, 0.3) is 0 Å². The fourth-order valence-electron chi connectivity index (χ4n) is 1.68. The van der Waals surface area contributed by atoms with Gasteiger partial charge in [0, 0.05) is 6.61 Å². The van der Waals surface area contributed by atoms with Gasteiger partial charge in [-0.15, -0.1) is 0 Å². The summed E-state index contributed by atoms with van der Waals surface area (Å²) in [5, 5.41) is 0. The molecule has 0 saturated carbocycles. The van der Waals surface area contributed by atoms with Crippen LogP contribution in [-0.2, 0) is 4.74 Å². The summed E-state index contributed by atoms with van der Waals surface area (Å²) < 4.78 is 5.78. The molecule has 1 aromatic carbocycles. The van der Waals surface area contributed by atoms with Crippen LogP contribution in [0.1, 0.15) is 44.3 Å². The molecule has 0 saturated heterocycles. The summed E-state index contributed by atoms with van der Waals surface area (Å²) in [6.07, 6.45) is 4.92. The molecule has 16 heavy (non-hydrogen) atoms. The van der Waals surface area contributed by atoms with Gasteiger partial charge < -0.3 is 10.5 Å². The molecule has 0 radical (unpaired) electrons. The third kappa shape index (κ3) is 5.29. The number of hydrogen-bond donors (Lipinski definition) is 1. The molecule has 0 aliphatic rings. The van der Waals surface area contributed by atoms with E-state index >= 15 is 0 Å². The summed E-state index contributed by atoms with van der Waals surface area (Å²) in [5.41, 5.74) is 6.69. The SMILES string of the molecule is CC(OCCCCCCN)c1ccccc1. The minimum atomic E-state index is 0.204. The lowest BCUT2D eigenvalue weighted by molar-refractivity contribution is 0.0628.